The van der Waals surface area contributed by atoms with Crippen molar-refractivity contribution in [1.29, 1.82) is 5.26 Å². The second-order valence-electron chi connectivity index (χ2n) is 12.7. The van der Waals surface area contributed by atoms with E-state index in [2.05, 4.69) is 73.0 Å². The fourth-order valence-corrected chi connectivity index (χ4v) is 4.98. The van der Waals surface area contributed by atoms with Crippen molar-refractivity contribution >= 4 is 28.6 Å². The van der Waals surface area contributed by atoms with Crippen LogP contribution in [-0.4, -0.2) is 22.5 Å². The molecular weight excluding hydrogens is 505 g/mol. The van der Waals surface area contributed by atoms with Crippen molar-refractivity contribution in [1.82, 2.24) is 5.32 Å². The first-order valence-corrected chi connectivity index (χ1v) is 18.9. The Labute approximate surface area is 231 Å². The molecule has 0 aromatic heterocycles. The molecule has 0 radical (unpaired) electrons. The van der Waals surface area contributed by atoms with Gasteiger partial charge in [0, 0.05) is 6.54 Å². The van der Waals surface area contributed by atoms with Crippen molar-refractivity contribution in [3.8, 4) is 17.6 Å². The van der Waals surface area contributed by atoms with E-state index in [0.29, 0.717) is 6.54 Å². The largest absolute Gasteiger partial charge is 0.541 e. The van der Waals surface area contributed by atoms with Gasteiger partial charge in [-0.15, -0.1) is 0 Å². The van der Waals surface area contributed by atoms with E-state index >= 15 is 0 Å². The van der Waals surface area contributed by atoms with Crippen LogP contribution in [0, 0.1) is 11.3 Å². The molecule has 0 atom stereocenters. The summed E-state index contributed by atoms with van der Waals surface area (Å²) in [5.74, 6) is 1.11. The van der Waals surface area contributed by atoms with Gasteiger partial charge in [0.2, 0.25) is 0 Å². The Bertz CT molecular complexity index is 1210. The van der Waals surface area contributed by atoms with Gasteiger partial charge >= 0.3 is 0 Å². The number of benzene rings is 2. The molecule has 0 unspecified atom stereocenters. The van der Waals surface area contributed by atoms with E-state index in [1.54, 1.807) is 6.08 Å². The number of hydrogen-bond acceptors (Lipinski definition) is 4. The van der Waals surface area contributed by atoms with Gasteiger partial charge in [0.15, 0.2) is 0 Å². The van der Waals surface area contributed by atoms with Crippen LogP contribution in [0.2, 0.25) is 36.3 Å². The highest BCUT2D eigenvalue weighted by Crippen LogP contribution is 2.43. The predicted molar refractivity (Wildman–Crippen MR) is 163 cm³/mol. The summed E-state index contributed by atoms with van der Waals surface area (Å²) in [7, 11) is -4.20. The first kappa shape index (κ1) is 31.1. The highest BCUT2D eigenvalue weighted by Gasteiger charge is 2.42. The zero-order chi connectivity index (χ0) is 28.8. The van der Waals surface area contributed by atoms with E-state index in [0.717, 1.165) is 22.6 Å². The fourth-order valence-electron chi connectivity index (χ4n) is 2.94. The van der Waals surface area contributed by atoms with Crippen LogP contribution in [0.25, 0.3) is 6.08 Å². The Morgan fingerprint density at radius 2 is 1.45 bits per heavy atom. The Balaban J connectivity index is 2.32. The van der Waals surface area contributed by atoms with Crippen molar-refractivity contribution < 1.29 is 13.6 Å². The Kier molecular flexibility index (Phi) is 9.98. The average molecular weight is 549 g/mol. The van der Waals surface area contributed by atoms with Gasteiger partial charge in [0.1, 0.15) is 23.1 Å². The third-order valence-corrected chi connectivity index (χ3v) is 16.2. The van der Waals surface area contributed by atoms with Gasteiger partial charge in [0.25, 0.3) is 22.5 Å². The lowest BCUT2D eigenvalue weighted by Gasteiger charge is -2.39. The van der Waals surface area contributed by atoms with Crippen LogP contribution in [0.1, 0.15) is 52.7 Å². The summed E-state index contributed by atoms with van der Waals surface area (Å²) in [6.07, 6.45) is 5.13. The molecule has 1 amide bonds. The van der Waals surface area contributed by atoms with Gasteiger partial charge in [-0.25, -0.2) is 0 Å². The molecule has 0 spiro atoms. The highest BCUT2D eigenvalue weighted by molar-refractivity contribution is 6.75. The lowest BCUT2D eigenvalue weighted by molar-refractivity contribution is -0.117. The van der Waals surface area contributed by atoms with Crippen LogP contribution in [0.3, 0.4) is 0 Å². The lowest BCUT2D eigenvalue weighted by atomic mass is 10.1. The third kappa shape index (κ3) is 8.47. The van der Waals surface area contributed by atoms with Gasteiger partial charge in [-0.3, -0.25) is 4.79 Å². The number of allylic oxidation sites excluding steroid dienone is 2. The maximum Gasteiger partial charge on any atom is 0.262 e. The van der Waals surface area contributed by atoms with E-state index in [4.69, 9.17) is 8.85 Å². The van der Waals surface area contributed by atoms with Gasteiger partial charge in [0.05, 0.1) is 0 Å². The summed E-state index contributed by atoms with van der Waals surface area (Å²) in [5, 5.41) is 12.4. The van der Waals surface area contributed by atoms with Crippen LogP contribution in [0.4, 0.5) is 0 Å². The molecule has 0 aliphatic carbocycles. The number of nitriles is 1. The zero-order valence-corrected chi connectivity index (χ0v) is 26.7. The second kappa shape index (κ2) is 12.2. The number of hydrogen-bond donors (Lipinski definition) is 1. The molecule has 204 valence electrons. The van der Waals surface area contributed by atoms with Gasteiger partial charge in [-0.05, 0) is 65.6 Å². The smallest absolute Gasteiger partial charge is 0.262 e. The first-order chi connectivity index (χ1) is 17.5. The number of rotatable bonds is 9. The minimum absolute atomic E-state index is 0.0324. The standard InChI is InChI=1S/C31H44N2O3Si2/c1-30(2,3)37(7,8)35-27-20-19-24(21-28(27)36-38(9,10)31(4,5)6)17-14-18-26(22-32)29(34)33-23-25-15-12-11-13-16-25/h11-21H,23H2,1-10H3,(H,33,34). The topological polar surface area (TPSA) is 71.3 Å². The van der Waals surface area contributed by atoms with Crippen molar-refractivity contribution in [3.63, 3.8) is 0 Å². The van der Waals surface area contributed by atoms with Crippen LogP contribution in [0.5, 0.6) is 11.5 Å². The summed E-state index contributed by atoms with van der Waals surface area (Å²) in [5.41, 5.74) is 1.93. The number of carbonyl (C=O) groups is 1. The molecule has 0 saturated carbocycles. The van der Waals surface area contributed by atoms with E-state index in [1.807, 2.05) is 60.7 Å². The molecule has 1 N–H and O–H groups in total. The number of carbonyl (C=O) groups excluding carboxylic acids is 1. The molecule has 0 saturated heterocycles. The maximum atomic E-state index is 12.5. The molecular formula is C31H44N2O3Si2. The van der Waals surface area contributed by atoms with Crippen molar-refractivity contribution in [3.05, 3.63) is 77.4 Å². The summed E-state index contributed by atoms with van der Waals surface area (Å²) < 4.78 is 13.4. The molecule has 0 aliphatic rings. The predicted octanol–water partition coefficient (Wildman–Crippen LogP) is 8.23. The van der Waals surface area contributed by atoms with Crippen LogP contribution >= 0.6 is 0 Å². The Morgan fingerprint density at radius 1 is 0.895 bits per heavy atom. The van der Waals surface area contributed by atoms with E-state index in [-0.39, 0.29) is 15.6 Å². The van der Waals surface area contributed by atoms with Crippen molar-refractivity contribution in [2.24, 2.45) is 0 Å². The third-order valence-electron chi connectivity index (χ3n) is 7.52. The van der Waals surface area contributed by atoms with Crippen LogP contribution < -0.4 is 14.2 Å². The van der Waals surface area contributed by atoms with Crippen LogP contribution in [0.15, 0.2) is 66.3 Å². The molecule has 38 heavy (non-hydrogen) atoms. The molecule has 5 nitrogen and oxygen atoms in total. The van der Waals surface area contributed by atoms with E-state index in [1.165, 1.54) is 6.08 Å². The molecule has 0 heterocycles. The zero-order valence-electron chi connectivity index (χ0n) is 24.7. The van der Waals surface area contributed by atoms with Crippen LogP contribution in [-0.2, 0) is 11.3 Å². The second-order valence-corrected chi connectivity index (χ2v) is 22.1. The SMILES string of the molecule is CC(C)(C)[Si](C)(C)Oc1ccc(C=CC=C(C#N)C(=O)NCc2ccccc2)cc1O[Si](C)(C)C(C)(C)C. The monoisotopic (exact) mass is 548 g/mol. The summed E-state index contributed by atoms with van der Waals surface area (Å²) in [4.78, 5) is 12.5. The Hall–Kier alpha value is -3.09. The number of nitrogens with one attached hydrogen (secondary N) is 1. The van der Waals surface area contributed by atoms with E-state index < -0.39 is 22.5 Å². The normalized spacial score (nSPS) is 13.2. The summed E-state index contributed by atoms with van der Waals surface area (Å²) in [6.45, 7) is 22.6. The molecule has 7 heteroatoms. The van der Waals surface area contributed by atoms with Gasteiger partial charge in [-0.2, -0.15) is 5.26 Å². The first-order valence-electron chi connectivity index (χ1n) is 13.1. The summed E-state index contributed by atoms with van der Waals surface area (Å²) >= 11 is 0. The number of nitrogens with zero attached hydrogens (tertiary/aromatic N) is 1. The van der Waals surface area contributed by atoms with Crippen molar-refractivity contribution in [2.75, 3.05) is 0 Å². The fraction of sp³-hybridized carbons (Fsp3) is 0.419. The Morgan fingerprint density at radius 3 is 1.97 bits per heavy atom. The minimum Gasteiger partial charge on any atom is -0.541 e. The lowest BCUT2D eigenvalue weighted by Crippen LogP contribution is -2.45. The number of amides is 1. The minimum atomic E-state index is -2.12. The van der Waals surface area contributed by atoms with Gasteiger partial charge < -0.3 is 14.2 Å². The molecule has 0 aliphatic heterocycles. The van der Waals surface area contributed by atoms with Gasteiger partial charge in [-0.1, -0.05) is 90.1 Å². The summed E-state index contributed by atoms with van der Waals surface area (Å²) in [6, 6.07) is 17.6. The average Bonchev–Trinajstić information content (AvgIpc) is 2.80. The van der Waals surface area contributed by atoms with E-state index in [9.17, 15) is 10.1 Å². The molecule has 2 rings (SSSR count). The highest BCUT2D eigenvalue weighted by atomic mass is 28.4. The maximum absolute atomic E-state index is 12.5. The molecule has 0 fully saturated rings. The molecule has 2 aromatic carbocycles. The molecule has 2 aromatic rings. The quantitative estimate of drug-likeness (QED) is 0.148. The molecule has 0 bridgehead atoms. The van der Waals surface area contributed by atoms with Crippen molar-refractivity contribution in [2.45, 2.75) is 84.4 Å².